The van der Waals surface area contributed by atoms with Crippen molar-refractivity contribution in [3.8, 4) is 0 Å². The lowest BCUT2D eigenvalue weighted by Gasteiger charge is -2.29. The summed E-state index contributed by atoms with van der Waals surface area (Å²) >= 11 is 12.0. The summed E-state index contributed by atoms with van der Waals surface area (Å²) in [5.74, 6) is 0. The Bertz CT molecular complexity index is 1160. The molecule has 0 bridgehead atoms. The molecule has 0 aliphatic carbocycles. The van der Waals surface area contributed by atoms with Crippen LogP contribution in [0.4, 0.5) is 10.5 Å². The summed E-state index contributed by atoms with van der Waals surface area (Å²) in [5.41, 5.74) is 0.803. The zero-order chi connectivity index (χ0) is 18.5. The maximum atomic E-state index is 13.0. The molecule has 0 spiro atoms. The number of fused-ring (bicyclic) bond motifs is 2. The van der Waals surface area contributed by atoms with E-state index in [0.29, 0.717) is 0 Å². The lowest BCUT2D eigenvalue weighted by molar-refractivity contribution is 0.233. The summed E-state index contributed by atoms with van der Waals surface area (Å²) in [6.07, 6.45) is 0. The number of benzene rings is 3. The maximum absolute atomic E-state index is 13.0. The molecule has 1 heterocycles. The van der Waals surface area contributed by atoms with Gasteiger partial charge < -0.3 is 5.32 Å². The zero-order valence-corrected chi connectivity index (χ0v) is 15.6. The number of halogens is 2. The average molecular weight is 407 g/mol. The summed E-state index contributed by atoms with van der Waals surface area (Å²) < 4.78 is 26.8. The fourth-order valence-corrected chi connectivity index (χ4v) is 5.33. The Labute approximate surface area is 160 Å². The van der Waals surface area contributed by atoms with Crippen molar-refractivity contribution >= 4 is 55.7 Å². The molecule has 0 aromatic heterocycles. The van der Waals surface area contributed by atoms with Gasteiger partial charge in [-0.05, 0) is 28.5 Å². The highest BCUT2D eigenvalue weighted by atomic mass is 35.5. The number of carbonyl (C=O) groups excluding carboxylic acids is 1. The first-order valence-corrected chi connectivity index (χ1v) is 9.87. The van der Waals surface area contributed by atoms with E-state index < -0.39 is 16.1 Å². The van der Waals surface area contributed by atoms with Crippen molar-refractivity contribution in [2.24, 2.45) is 0 Å². The number of hydrogen-bond acceptors (Lipinski definition) is 3. The van der Waals surface area contributed by atoms with Crippen molar-refractivity contribution in [1.82, 2.24) is 4.31 Å². The lowest BCUT2D eigenvalue weighted by atomic mass is 10.0. The van der Waals surface area contributed by atoms with E-state index in [-0.39, 0.29) is 27.2 Å². The van der Waals surface area contributed by atoms with Gasteiger partial charge in [-0.2, -0.15) is 0 Å². The minimum Gasteiger partial charge on any atom is -0.306 e. The minimum absolute atomic E-state index is 0.0320. The number of rotatable bonds is 2. The normalized spacial score (nSPS) is 15.6. The standard InChI is InChI=1S/C18H12Cl2N2O3S/c19-13-8-15(20)17-16(9-13)21-18(23)22(26(17,24)25)10-12-6-3-5-11-4-1-2-7-14(11)12/h1-9H,10H2,(H,21,23). The molecule has 1 aliphatic heterocycles. The van der Waals surface area contributed by atoms with Gasteiger partial charge in [0.05, 0.1) is 17.3 Å². The molecule has 0 unspecified atom stereocenters. The molecule has 0 fully saturated rings. The first kappa shape index (κ1) is 17.1. The van der Waals surface area contributed by atoms with Gasteiger partial charge in [-0.1, -0.05) is 65.7 Å². The number of urea groups is 1. The Morgan fingerprint density at radius 3 is 2.54 bits per heavy atom. The quantitative estimate of drug-likeness (QED) is 0.658. The first-order chi connectivity index (χ1) is 12.4. The van der Waals surface area contributed by atoms with Crippen molar-refractivity contribution in [2.75, 3.05) is 5.32 Å². The minimum atomic E-state index is -4.12. The first-order valence-electron chi connectivity index (χ1n) is 7.67. The number of anilines is 1. The van der Waals surface area contributed by atoms with Crippen LogP contribution < -0.4 is 5.32 Å². The summed E-state index contributed by atoms with van der Waals surface area (Å²) in [5, 5.41) is 4.61. The lowest BCUT2D eigenvalue weighted by Crippen LogP contribution is -2.43. The highest BCUT2D eigenvalue weighted by Crippen LogP contribution is 2.39. The van der Waals surface area contributed by atoms with Crippen molar-refractivity contribution in [3.05, 3.63) is 70.2 Å². The van der Waals surface area contributed by atoms with E-state index in [4.69, 9.17) is 23.2 Å². The Morgan fingerprint density at radius 1 is 1.00 bits per heavy atom. The Kier molecular flexibility index (Phi) is 4.06. The fourth-order valence-electron chi connectivity index (χ4n) is 3.05. The van der Waals surface area contributed by atoms with E-state index in [1.165, 1.54) is 12.1 Å². The fraction of sp³-hybridized carbons (Fsp3) is 0.0556. The molecule has 3 aromatic rings. The van der Waals surface area contributed by atoms with E-state index >= 15 is 0 Å². The Morgan fingerprint density at radius 2 is 1.73 bits per heavy atom. The van der Waals surface area contributed by atoms with Crippen LogP contribution in [0.15, 0.2) is 59.5 Å². The van der Waals surface area contributed by atoms with Gasteiger partial charge in [-0.25, -0.2) is 17.5 Å². The highest BCUT2D eigenvalue weighted by molar-refractivity contribution is 7.90. The number of carbonyl (C=O) groups is 1. The molecule has 0 saturated carbocycles. The number of hydrogen-bond donors (Lipinski definition) is 1. The summed E-state index contributed by atoms with van der Waals surface area (Å²) in [4.78, 5) is 12.3. The van der Waals surface area contributed by atoms with E-state index in [9.17, 15) is 13.2 Å². The van der Waals surface area contributed by atoms with Gasteiger partial charge in [0.25, 0.3) is 10.0 Å². The number of nitrogens with one attached hydrogen (secondary N) is 1. The molecule has 2 amide bonds. The number of sulfonamides is 1. The molecule has 3 aromatic carbocycles. The van der Waals surface area contributed by atoms with Crippen LogP contribution in [0.3, 0.4) is 0 Å². The zero-order valence-electron chi connectivity index (χ0n) is 13.2. The van der Waals surface area contributed by atoms with Crippen LogP contribution in [0.5, 0.6) is 0 Å². The van der Waals surface area contributed by atoms with E-state index in [0.717, 1.165) is 20.6 Å². The maximum Gasteiger partial charge on any atom is 0.336 e. The average Bonchev–Trinajstić information content (AvgIpc) is 2.57. The second-order valence-electron chi connectivity index (χ2n) is 5.84. The second-order valence-corrected chi connectivity index (χ2v) is 8.49. The van der Waals surface area contributed by atoms with Crippen LogP contribution in [0.2, 0.25) is 10.0 Å². The largest absolute Gasteiger partial charge is 0.336 e. The third-order valence-electron chi connectivity index (χ3n) is 4.22. The van der Waals surface area contributed by atoms with Crippen molar-refractivity contribution in [2.45, 2.75) is 11.4 Å². The van der Waals surface area contributed by atoms with Crippen LogP contribution in [-0.2, 0) is 16.6 Å². The molecule has 0 saturated heterocycles. The molecule has 0 radical (unpaired) electrons. The third-order valence-corrected chi connectivity index (χ3v) is 6.68. The summed E-state index contributed by atoms with van der Waals surface area (Å²) in [6, 6.07) is 15.1. The smallest absolute Gasteiger partial charge is 0.306 e. The third kappa shape index (κ3) is 2.70. The van der Waals surface area contributed by atoms with Gasteiger partial charge in [-0.3, -0.25) is 0 Å². The van der Waals surface area contributed by atoms with Crippen LogP contribution in [0.25, 0.3) is 10.8 Å². The van der Waals surface area contributed by atoms with Crippen molar-refractivity contribution in [3.63, 3.8) is 0 Å². The summed E-state index contributed by atoms with van der Waals surface area (Å²) in [6.45, 7) is -0.103. The molecule has 1 aliphatic rings. The number of amides is 2. The van der Waals surface area contributed by atoms with Gasteiger partial charge in [0.2, 0.25) is 0 Å². The van der Waals surface area contributed by atoms with Gasteiger partial charge in [0.1, 0.15) is 4.90 Å². The molecule has 1 N–H and O–H groups in total. The van der Waals surface area contributed by atoms with Gasteiger partial charge in [0, 0.05) is 5.02 Å². The topological polar surface area (TPSA) is 66.5 Å². The van der Waals surface area contributed by atoms with Gasteiger partial charge >= 0.3 is 6.03 Å². The van der Waals surface area contributed by atoms with Crippen LogP contribution >= 0.6 is 23.2 Å². The van der Waals surface area contributed by atoms with Crippen LogP contribution in [0, 0.1) is 0 Å². The van der Waals surface area contributed by atoms with Crippen molar-refractivity contribution in [1.29, 1.82) is 0 Å². The predicted octanol–water partition coefficient (Wildman–Crippen LogP) is 4.88. The molecule has 8 heteroatoms. The Hall–Kier alpha value is -2.28. The van der Waals surface area contributed by atoms with E-state index in [1.807, 2.05) is 36.4 Å². The van der Waals surface area contributed by atoms with E-state index in [1.54, 1.807) is 6.07 Å². The highest BCUT2D eigenvalue weighted by Gasteiger charge is 2.38. The second kappa shape index (κ2) is 6.16. The SMILES string of the molecule is O=C1Nc2cc(Cl)cc(Cl)c2S(=O)(=O)N1Cc1cccc2ccccc12. The molecule has 4 rings (SSSR count). The van der Waals surface area contributed by atoms with Gasteiger partial charge in [0.15, 0.2) is 0 Å². The summed E-state index contributed by atoms with van der Waals surface area (Å²) in [7, 11) is -4.12. The van der Waals surface area contributed by atoms with Crippen LogP contribution in [-0.4, -0.2) is 18.8 Å². The van der Waals surface area contributed by atoms with Crippen LogP contribution in [0.1, 0.15) is 5.56 Å². The predicted molar refractivity (Wildman–Crippen MR) is 102 cm³/mol. The molecular formula is C18H12Cl2N2O3S. The Balaban J connectivity index is 1.83. The molecule has 0 atom stereocenters. The molecule has 26 heavy (non-hydrogen) atoms. The monoisotopic (exact) mass is 406 g/mol. The molecule has 132 valence electrons. The van der Waals surface area contributed by atoms with E-state index in [2.05, 4.69) is 5.32 Å². The molecular weight excluding hydrogens is 395 g/mol. The van der Waals surface area contributed by atoms with Gasteiger partial charge in [-0.15, -0.1) is 0 Å². The van der Waals surface area contributed by atoms with Crippen molar-refractivity contribution < 1.29 is 13.2 Å². The number of nitrogens with zero attached hydrogens (tertiary/aromatic N) is 1. The molecule has 5 nitrogen and oxygen atoms in total.